The molecular formula is C17H18INO3. The van der Waals surface area contributed by atoms with Crippen LogP contribution in [0.15, 0.2) is 47.1 Å². The zero-order valence-corrected chi connectivity index (χ0v) is 14.5. The predicted molar refractivity (Wildman–Crippen MR) is 91.6 cm³/mol. The molecule has 1 amide bonds. The van der Waals surface area contributed by atoms with Crippen molar-refractivity contribution in [2.24, 2.45) is 0 Å². The first-order chi connectivity index (χ1) is 10.6. The first-order valence-electron chi connectivity index (χ1n) is 7.38. The van der Waals surface area contributed by atoms with Crippen LogP contribution in [0, 0.1) is 3.57 Å². The van der Waals surface area contributed by atoms with Gasteiger partial charge in [0.25, 0.3) is 5.91 Å². The Hall–Kier alpha value is -1.50. The van der Waals surface area contributed by atoms with Crippen molar-refractivity contribution in [3.63, 3.8) is 0 Å². The fourth-order valence-corrected chi connectivity index (χ4v) is 2.86. The van der Waals surface area contributed by atoms with Crippen molar-refractivity contribution in [2.75, 3.05) is 6.61 Å². The highest BCUT2D eigenvalue weighted by Crippen LogP contribution is 2.34. The molecule has 1 aromatic carbocycles. The van der Waals surface area contributed by atoms with E-state index in [2.05, 4.69) is 22.6 Å². The lowest BCUT2D eigenvalue weighted by atomic mass is 10.2. The van der Waals surface area contributed by atoms with E-state index in [0.717, 1.165) is 27.9 Å². The number of rotatable bonds is 6. The van der Waals surface area contributed by atoms with Crippen LogP contribution in [-0.2, 0) is 4.79 Å². The molecule has 116 valence electrons. The number of hydrogen-bond donors (Lipinski definition) is 0. The molecule has 1 fully saturated rings. The minimum atomic E-state index is -0.0599. The number of ether oxygens (including phenoxy) is 1. The maximum Gasteiger partial charge on any atom is 0.261 e. The van der Waals surface area contributed by atoms with Gasteiger partial charge in [0.15, 0.2) is 6.61 Å². The molecular weight excluding hydrogens is 393 g/mol. The standard InChI is InChI=1S/C17H18INO3/c1-12(16-3-2-10-21-16)19(14-6-7-14)17(20)11-22-15-8-4-13(18)5-9-15/h2-5,8-10,12,14H,6-7,11H2,1H3. The third-order valence-corrected chi connectivity index (χ3v) is 4.50. The third-order valence-electron chi connectivity index (χ3n) is 3.78. The highest BCUT2D eigenvalue weighted by molar-refractivity contribution is 14.1. The second-order valence-corrected chi connectivity index (χ2v) is 6.71. The van der Waals surface area contributed by atoms with Gasteiger partial charge in [0.2, 0.25) is 0 Å². The molecule has 1 saturated carbocycles. The molecule has 2 aromatic rings. The van der Waals surface area contributed by atoms with Gasteiger partial charge in [-0.3, -0.25) is 4.79 Å². The van der Waals surface area contributed by atoms with Gasteiger partial charge in [0.1, 0.15) is 11.5 Å². The molecule has 1 aliphatic rings. The minimum absolute atomic E-state index is 0.00458. The second-order valence-electron chi connectivity index (χ2n) is 5.47. The molecule has 0 spiro atoms. The summed E-state index contributed by atoms with van der Waals surface area (Å²) in [7, 11) is 0. The highest BCUT2D eigenvalue weighted by Gasteiger charge is 2.37. The topological polar surface area (TPSA) is 42.7 Å². The molecule has 0 saturated heterocycles. The Morgan fingerprint density at radius 2 is 2.09 bits per heavy atom. The molecule has 1 atom stereocenters. The highest BCUT2D eigenvalue weighted by atomic mass is 127. The van der Waals surface area contributed by atoms with E-state index in [1.54, 1.807) is 6.26 Å². The fraction of sp³-hybridized carbons (Fsp3) is 0.353. The second kappa shape index (κ2) is 6.73. The van der Waals surface area contributed by atoms with Crippen molar-refractivity contribution in [3.05, 3.63) is 52.0 Å². The Morgan fingerprint density at radius 1 is 1.36 bits per heavy atom. The van der Waals surface area contributed by atoms with Gasteiger partial charge in [0.05, 0.1) is 12.3 Å². The van der Waals surface area contributed by atoms with Crippen molar-refractivity contribution >= 4 is 28.5 Å². The molecule has 0 aliphatic heterocycles. The van der Waals surface area contributed by atoms with Crippen molar-refractivity contribution < 1.29 is 13.9 Å². The lowest BCUT2D eigenvalue weighted by molar-refractivity contribution is -0.136. The Morgan fingerprint density at radius 3 is 2.68 bits per heavy atom. The summed E-state index contributed by atoms with van der Waals surface area (Å²) in [5.41, 5.74) is 0. The molecule has 5 heteroatoms. The number of amides is 1. The molecule has 0 radical (unpaired) electrons. The van der Waals surface area contributed by atoms with E-state index < -0.39 is 0 Å². The van der Waals surface area contributed by atoms with Crippen molar-refractivity contribution in [2.45, 2.75) is 31.8 Å². The van der Waals surface area contributed by atoms with Crippen LogP contribution in [0.4, 0.5) is 0 Å². The zero-order chi connectivity index (χ0) is 15.5. The zero-order valence-electron chi connectivity index (χ0n) is 12.4. The van der Waals surface area contributed by atoms with Crippen molar-refractivity contribution in [1.29, 1.82) is 0 Å². The monoisotopic (exact) mass is 411 g/mol. The summed E-state index contributed by atoms with van der Waals surface area (Å²) in [4.78, 5) is 14.5. The number of carbonyl (C=O) groups excluding carboxylic acids is 1. The molecule has 1 heterocycles. The summed E-state index contributed by atoms with van der Waals surface area (Å²) < 4.78 is 12.2. The summed E-state index contributed by atoms with van der Waals surface area (Å²) in [5, 5.41) is 0. The van der Waals surface area contributed by atoms with Crippen LogP contribution in [0.3, 0.4) is 0 Å². The van der Waals surface area contributed by atoms with Gasteiger partial charge in [-0.25, -0.2) is 0 Å². The van der Waals surface area contributed by atoms with Crippen LogP contribution in [0.2, 0.25) is 0 Å². The minimum Gasteiger partial charge on any atom is -0.484 e. The lowest BCUT2D eigenvalue weighted by Crippen LogP contribution is -2.38. The van der Waals surface area contributed by atoms with E-state index in [1.807, 2.05) is 48.2 Å². The predicted octanol–water partition coefficient (Wildman–Crippen LogP) is 4.02. The van der Waals surface area contributed by atoms with Gasteiger partial charge in [-0.1, -0.05) is 0 Å². The van der Waals surface area contributed by atoms with Gasteiger partial charge in [-0.2, -0.15) is 0 Å². The van der Waals surface area contributed by atoms with Crippen molar-refractivity contribution in [3.8, 4) is 5.75 Å². The van der Waals surface area contributed by atoms with E-state index in [9.17, 15) is 4.79 Å². The summed E-state index contributed by atoms with van der Waals surface area (Å²) in [6.45, 7) is 2.06. The number of carbonyl (C=O) groups is 1. The first kappa shape index (κ1) is 15.4. The molecule has 1 unspecified atom stereocenters. The Labute approximate surface area is 143 Å². The van der Waals surface area contributed by atoms with Crippen LogP contribution < -0.4 is 4.74 Å². The molecule has 3 rings (SSSR count). The quantitative estimate of drug-likeness (QED) is 0.675. The van der Waals surface area contributed by atoms with Crippen LogP contribution >= 0.6 is 22.6 Å². The normalized spacial score (nSPS) is 15.4. The van der Waals surface area contributed by atoms with Crippen LogP contribution in [0.5, 0.6) is 5.75 Å². The molecule has 0 N–H and O–H groups in total. The summed E-state index contributed by atoms with van der Waals surface area (Å²) in [5.74, 6) is 1.54. The molecule has 0 bridgehead atoms. The Kier molecular flexibility index (Phi) is 4.71. The molecule has 1 aromatic heterocycles. The maximum absolute atomic E-state index is 12.6. The number of nitrogens with zero attached hydrogens (tertiary/aromatic N) is 1. The average molecular weight is 411 g/mol. The van der Waals surface area contributed by atoms with Gasteiger partial charge in [-0.05, 0) is 78.8 Å². The molecule has 22 heavy (non-hydrogen) atoms. The Bertz CT molecular complexity index is 620. The van der Waals surface area contributed by atoms with Gasteiger partial charge >= 0.3 is 0 Å². The lowest BCUT2D eigenvalue weighted by Gasteiger charge is -2.28. The Balaban J connectivity index is 1.64. The van der Waals surface area contributed by atoms with E-state index in [4.69, 9.17) is 9.15 Å². The van der Waals surface area contributed by atoms with E-state index in [0.29, 0.717) is 6.04 Å². The van der Waals surface area contributed by atoms with E-state index >= 15 is 0 Å². The van der Waals surface area contributed by atoms with Gasteiger partial charge in [-0.15, -0.1) is 0 Å². The van der Waals surface area contributed by atoms with Crippen LogP contribution in [0.25, 0.3) is 0 Å². The number of hydrogen-bond acceptors (Lipinski definition) is 3. The van der Waals surface area contributed by atoms with Crippen LogP contribution in [-0.4, -0.2) is 23.5 Å². The molecule has 1 aliphatic carbocycles. The third kappa shape index (κ3) is 3.63. The van der Waals surface area contributed by atoms with Crippen molar-refractivity contribution in [1.82, 2.24) is 4.90 Å². The summed E-state index contributed by atoms with van der Waals surface area (Å²) in [6, 6.07) is 11.7. The summed E-state index contributed by atoms with van der Waals surface area (Å²) >= 11 is 2.24. The summed E-state index contributed by atoms with van der Waals surface area (Å²) in [6.07, 6.45) is 3.75. The largest absolute Gasteiger partial charge is 0.484 e. The van der Waals surface area contributed by atoms with Crippen LogP contribution in [0.1, 0.15) is 31.6 Å². The SMILES string of the molecule is CC(c1ccco1)N(C(=O)COc1ccc(I)cc1)C1CC1. The number of halogens is 1. The maximum atomic E-state index is 12.6. The average Bonchev–Trinajstić information content (AvgIpc) is 3.18. The van der Waals surface area contributed by atoms with Gasteiger partial charge in [0, 0.05) is 9.61 Å². The number of benzene rings is 1. The smallest absolute Gasteiger partial charge is 0.261 e. The number of furan rings is 1. The van der Waals surface area contributed by atoms with E-state index in [1.165, 1.54) is 0 Å². The van der Waals surface area contributed by atoms with Gasteiger partial charge < -0.3 is 14.1 Å². The molecule has 4 nitrogen and oxygen atoms in total. The van der Waals surface area contributed by atoms with E-state index in [-0.39, 0.29) is 18.6 Å². The first-order valence-corrected chi connectivity index (χ1v) is 8.46. The fourth-order valence-electron chi connectivity index (χ4n) is 2.51.